The first kappa shape index (κ1) is 17.3. The molecule has 0 bridgehead atoms. The molecule has 1 aromatic rings. The number of morpholine rings is 1. The second-order valence-corrected chi connectivity index (χ2v) is 7.37. The van der Waals surface area contributed by atoms with Crippen molar-refractivity contribution in [3.63, 3.8) is 0 Å². The number of ether oxygens (including phenoxy) is 1. The van der Waals surface area contributed by atoms with E-state index in [2.05, 4.69) is 14.6 Å². The summed E-state index contributed by atoms with van der Waals surface area (Å²) >= 11 is 0. The maximum absolute atomic E-state index is 12.0. The molecule has 1 fully saturated rings. The van der Waals surface area contributed by atoms with Crippen LogP contribution in [-0.4, -0.2) is 56.9 Å². The smallest absolute Gasteiger partial charge is 0.211 e. The molecule has 0 aliphatic carbocycles. The Morgan fingerprint density at radius 2 is 2.14 bits per heavy atom. The predicted octanol–water partition coefficient (Wildman–Crippen LogP) is 1.17. The van der Waals surface area contributed by atoms with Crippen LogP contribution in [0.25, 0.3) is 0 Å². The second kappa shape index (κ2) is 8.57. The number of rotatable bonds is 8. The van der Waals surface area contributed by atoms with Gasteiger partial charge in [-0.25, -0.2) is 13.1 Å². The fourth-order valence-electron chi connectivity index (χ4n) is 2.50. The quantitative estimate of drug-likeness (QED) is 0.776. The van der Waals surface area contributed by atoms with Gasteiger partial charge in [0.15, 0.2) is 0 Å². The van der Waals surface area contributed by atoms with Crippen molar-refractivity contribution >= 4 is 10.0 Å². The Morgan fingerprint density at radius 1 is 1.36 bits per heavy atom. The first-order valence-electron chi connectivity index (χ1n) is 7.82. The van der Waals surface area contributed by atoms with Crippen LogP contribution in [0.1, 0.15) is 31.5 Å². The van der Waals surface area contributed by atoms with Crippen LogP contribution in [0.15, 0.2) is 24.4 Å². The molecule has 0 radical (unpaired) electrons. The molecule has 2 heterocycles. The van der Waals surface area contributed by atoms with Crippen LogP contribution in [-0.2, 0) is 14.8 Å². The van der Waals surface area contributed by atoms with E-state index >= 15 is 0 Å². The second-order valence-electron chi connectivity index (χ2n) is 5.44. The summed E-state index contributed by atoms with van der Waals surface area (Å²) in [6.07, 6.45) is 3.30. The number of unbranched alkanes of at least 4 members (excludes halogenated alkanes) is 1. The summed E-state index contributed by atoms with van der Waals surface area (Å²) in [4.78, 5) is 6.63. The van der Waals surface area contributed by atoms with Gasteiger partial charge in [-0.05, 0) is 18.6 Å². The molecule has 1 aromatic heterocycles. The number of nitrogens with zero attached hydrogens (tertiary/aromatic N) is 2. The van der Waals surface area contributed by atoms with E-state index in [0.717, 1.165) is 25.2 Å². The van der Waals surface area contributed by atoms with E-state index in [1.165, 1.54) is 0 Å². The van der Waals surface area contributed by atoms with E-state index in [1.54, 1.807) is 6.20 Å². The molecule has 124 valence electrons. The molecule has 0 aromatic carbocycles. The minimum absolute atomic E-state index is 0.0542. The molecule has 22 heavy (non-hydrogen) atoms. The molecular formula is C15H25N3O3S. The molecule has 0 amide bonds. The van der Waals surface area contributed by atoms with Crippen molar-refractivity contribution < 1.29 is 13.2 Å². The Balaban J connectivity index is 2.05. The van der Waals surface area contributed by atoms with Crippen molar-refractivity contribution in [1.29, 1.82) is 0 Å². The molecule has 7 heteroatoms. The third kappa shape index (κ3) is 5.31. The van der Waals surface area contributed by atoms with Crippen LogP contribution >= 0.6 is 0 Å². The zero-order valence-electron chi connectivity index (χ0n) is 13.1. The van der Waals surface area contributed by atoms with Crippen LogP contribution in [0.4, 0.5) is 0 Å². The van der Waals surface area contributed by atoms with Crippen molar-refractivity contribution in [2.75, 3.05) is 38.6 Å². The Bertz CT molecular complexity index is 530. The molecule has 0 spiro atoms. The minimum Gasteiger partial charge on any atom is -0.379 e. The highest BCUT2D eigenvalue weighted by molar-refractivity contribution is 7.89. The summed E-state index contributed by atoms with van der Waals surface area (Å²) < 4.78 is 32.2. The van der Waals surface area contributed by atoms with Crippen LogP contribution in [0, 0.1) is 0 Å². The first-order chi connectivity index (χ1) is 10.6. The average molecular weight is 327 g/mol. The number of hydrogen-bond acceptors (Lipinski definition) is 5. The number of sulfonamides is 1. The van der Waals surface area contributed by atoms with Gasteiger partial charge >= 0.3 is 0 Å². The molecule has 1 aliphatic rings. The van der Waals surface area contributed by atoms with E-state index in [9.17, 15) is 8.42 Å². The molecule has 1 aliphatic heterocycles. The van der Waals surface area contributed by atoms with Crippen molar-refractivity contribution in [2.45, 2.75) is 25.8 Å². The summed E-state index contributed by atoms with van der Waals surface area (Å²) in [5.74, 6) is 0.182. The average Bonchev–Trinajstić information content (AvgIpc) is 2.55. The molecule has 2 rings (SSSR count). The third-order valence-electron chi connectivity index (χ3n) is 3.78. The molecule has 0 saturated carbocycles. The fourth-order valence-corrected chi connectivity index (χ4v) is 3.72. The van der Waals surface area contributed by atoms with Gasteiger partial charge in [-0.15, -0.1) is 0 Å². The lowest BCUT2D eigenvalue weighted by Crippen LogP contribution is -2.44. The summed E-state index contributed by atoms with van der Waals surface area (Å²) in [5.41, 5.74) is 0.891. The van der Waals surface area contributed by atoms with Crippen LogP contribution < -0.4 is 4.72 Å². The van der Waals surface area contributed by atoms with E-state index in [4.69, 9.17) is 4.74 Å². The van der Waals surface area contributed by atoms with Gasteiger partial charge in [-0.2, -0.15) is 0 Å². The third-order valence-corrected chi connectivity index (χ3v) is 5.21. The minimum atomic E-state index is -3.22. The Labute approximate surface area is 132 Å². The Hall–Kier alpha value is -1.02. The van der Waals surface area contributed by atoms with Crippen molar-refractivity contribution in [3.8, 4) is 0 Å². The van der Waals surface area contributed by atoms with Gasteiger partial charge in [0.2, 0.25) is 10.0 Å². The normalized spacial score (nSPS) is 18.2. The summed E-state index contributed by atoms with van der Waals surface area (Å²) in [5, 5.41) is 0. The number of pyridine rings is 1. The number of aromatic nitrogens is 1. The standard InChI is InChI=1S/C15H25N3O3S/c1-2-3-12-22(19,20)17-13-15(14-6-4-5-7-16-14)18-8-10-21-11-9-18/h4-7,15,17H,2-3,8-13H2,1H3. The molecule has 1 N–H and O–H groups in total. The lowest BCUT2D eigenvalue weighted by Gasteiger charge is -2.34. The lowest BCUT2D eigenvalue weighted by atomic mass is 10.1. The number of nitrogens with one attached hydrogen (secondary N) is 1. The van der Waals surface area contributed by atoms with Gasteiger partial charge in [-0.3, -0.25) is 9.88 Å². The van der Waals surface area contributed by atoms with Gasteiger partial charge in [0.1, 0.15) is 0 Å². The lowest BCUT2D eigenvalue weighted by molar-refractivity contribution is 0.0163. The SMILES string of the molecule is CCCCS(=O)(=O)NCC(c1ccccn1)N1CCOCC1. The summed E-state index contributed by atoms with van der Waals surface area (Å²) in [6, 6.07) is 5.69. The topological polar surface area (TPSA) is 71.5 Å². The summed E-state index contributed by atoms with van der Waals surface area (Å²) in [6.45, 7) is 5.26. The maximum atomic E-state index is 12.0. The largest absolute Gasteiger partial charge is 0.379 e. The molecule has 6 nitrogen and oxygen atoms in total. The van der Waals surface area contributed by atoms with Crippen molar-refractivity contribution in [3.05, 3.63) is 30.1 Å². The highest BCUT2D eigenvalue weighted by Crippen LogP contribution is 2.19. The Kier molecular flexibility index (Phi) is 6.75. The van der Waals surface area contributed by atoms with Gasteiger partial charge in [0, 0.05) is 25.8 Å². The maximum Gasteiger partial charge on any atom is 0.211 e. The van der Waals surface area contributed by atoms with Crippen molar-refractivity contribution in [2.24, 2.45) is 0 Å². The van der Waals surface area contributed by atoms with Crippen LogP contribution in [0.2, 0.25) is 0 Å². The zero-order valence-corrected chi connectivity index (χ0v) is 13.9. The van der Waals surface area contributed by atoms with Crippen molar-refractivity contribution in [1.82, 2.24) is 14.6 Å². The molecular weight excluding hydrogens is 302 g/mol. The molecule has 1 unspecified atom stereocenters. The predicted molar refractivity (Wildman–Crippen MR) is 86.1 cm³/mol. The van der Waals surface area contributed by atoms with Gasteiger partial charge in [0.05, 0.1) is 30.7 Å². The van der Waals surface area contributed by atoms with E-state index in [0.29, 0.717) is 26.2 Å². The van der Waals surface area contributed by atoms with Gasteiger partial charge in [0.25, 0.3) is 0 Å². The highest BCUT2D eigenvalue weighted by atomic mass is 32.2. The first-order valence-corrected chi connectivity index (χ1v) is 9.47. The zero-order chi connectivity index (χ0) is 15.8. The van der Waals surface area contributed by atoms with Crippen LogP contribution in [0.5, 0.6) is 0 Å². The molecule has 1 atom stereocenters. The van der Waals surface area contributed by atoms with E-state index in [1.807, 2.05) is 25.1 Å². The Morgan fingerprint density at radius 3 is 2.77 bits per heavy atom. The number of hydrogen-bond donors (Lipinski definition) is 1. The van der Waals surface area contributed by atoms with Crippen LogP contribution in [0.3, 0.4) is 0 Å². The van der Waals surface area contributed by atoms with Gasteiger partial charge in [-0.1, -0.05) is 19.4 Å². The fraction of sp³-hybridized carbons (Fsp3) is 0.667. The van der Waals surface area contributed by atoms with E-state index < -0.39 is 10.0 Å². The van der Waals surface area contributed by atoms with E-state index in [-0.39, 0.29) is 11.8 Å². The molecule has 1 saturated heterocycles. The monoisotopic (exact) mass is 327 g/mol. The van der Waals surface area contributed by atoms with Gasteiger partial charge < -0.3 is 4.74 Å². The summed E-state index contributed by atoms with van der Waals surface area (Å²) in [7, 11) is -3.22. The highest BCUT2D eigenvalue weighted by Gasteiger charge is 2.25.